The van der Waals surface area contributed by atoms with E-state index in [0.717, 1.165) is 30.7 Å². The summed E-state index contributed by atoms with van der Waals surface area (Å²) in [7, 11) is 0. The summed E-state index contributed by atoms with van der Waals surface area (Å²) < 4.78 is 44.6. The molecule has 1 saturated carbocycles. The van der Waals surface area contributed by atoms with Gasteiger partial charge < -0.3 is 15.6 Å². The molecule has 0 spiro atoms. The van der Waals surface area contributed by atoms with Crippen LogP contribution in [0.5, 0.6) is 0 Å². The lowest BCUT2D eigenvalue weighted by Crippen LogP contribution is -2.15. The molecule has 0 aliphatic heterocycles. The lowest BCUT2D eigenvalue weighted by Gasteiger charge is -2.13. The second-order valence-corrected chi connectivity index (χ2v) is 6.89. The smallest absolute Gasteiger partial charge is 0.336 e. The van der Waals surface area contributed by atoms with Crippen LogP contribution in [0.25, 0.3) is 11.1 Å². The third-order valence-electron chi connectivity index (χ3n) is 4.69. The van der Waals surface area contributed by atoms with Crippen LogP contribution in [0.3, 0.4) is 0 Å². The van der Waals surface area contributed by atoms with Gasteiger partial charge >= 0.3 is 6.18 Å². The Kier molecular flexibility index (Phi) is 4.34. The van der Waals surface area contributed by atoms with Crippen molar-refractivity contribution in [3.63, 3.8) is 0 Å². The van der Waals surface area contributed by atoms with Gasteiger partial charge in [-0.05, 0) is 49.6 Å². The molecule has 4 rings (SSSR count). The number of alkyl halides is 3. The Bertz CT molecular complexity index is 1070. The molecule has 1 amide bonds. The molecule has 1 fully saturated rings. The Labute approximate surface area is 157 Å². The highest BCUT2D eigenvalue weighted by molar-refractivity contribution is 6.12. The average molecular weight is 390 g/mol. The van der Waals surface area contributed by atoms with E-state index in [1.165, 1.54) is 6.07 Å². The van der Waals surface area contributed by atoms with Gasteiger partial charge in [-0.25, -0.2) is 4.98 Å². The van der Waals surface area contributed by atoms with Crippen molar-refractivity contribution in [2.45, 2.75) is 38.4 Å². The van der Waals surface area contributed by atoms with Crippen molar-refractivity contribution in [2.24, 2.45) is 5.73 Å². The van der Waals surface area contributed by atoms with Gasteiger partial charge in [-0.3, -0.25) is 4.79 Å². The molecule has 28 heavy (non-hydrogen) atoms. The number of carbonyl (C=O) groups is 1. The van der Waals surface area contributed by atoms with Gasteiger partial charge in [-0.2, -0.15) is 13.2 Å². The molecule has 2 heterocycles. The standard InChI is InChI=1S/C19H17F3N4O2/c1-9-16-14(7-15(11-2-3-11)25-18(16)28-26-9)17(27)24-13-5-10(8-23)4-12(6-13)19(20,21)22/h4-7,11H,2-3,8,23H2,1H3,(H,24,27). The van der Waals surface area contributed by atoms with Crippen molar-refractivity contribution >= 4 is 22.7 Å². The topological polar surface area (TPSA) is 94.0 Å². The number of aromatic nitrogens is 2. The number of nitrogens with two attached hydrogens (primary N) is 1. The van der Waals surface area contributed by atoms with Gasteiger partial charge in [0, 0.05) is 23.8 Å². The number of benzene rings is 1. The van der Waals surface area contributed by atoms with Crippen LogP contribution in [-0.4, -0.2) is 16.0 Å². The Morgan fingerprint density at radius 2 is 2.04 bits per heavy atom. The van der Waals surface area contributed by atoms with Crippen molar-refractivity contribution < 1.29 is 22.5 Å². The molecule has 1 aliphatic rings. The number of hydrogen-bond donors (Lipinski definition) is 2. The molecular weight excluding hydrogens is 373 g/mol. The SMILES string of the molecule is Cc1noc2nc(C3CC3)cc(C(=O)Nc3cc(CN)cc(C(F)(F)F)c3)c12. The van der Waals surface area contributed by atoms with Gasteiger partial charge in [-0.1, -0.05) is 5.16 Å². The van der Waals surface area contributed by atoms with E-state index >= 15 is 0 Å². The lowest BCUT2D eigenvalue weighted by atomic mass is 10.1. The van der Waals surface area contributed by atoms with E-state index < -0.39 is 17.6 Å². The molecule has 0 saturated heterocycles. The van der Waals surface area contributed by atoms with Crippen molar-refractivity contribution in [3.05, 3.63) is 52.3 Å². The van der Waals surface area contributed by atoms with Gasteiger partial charge in [0.15, 0.2) is 0 Å². The van der Waals surface area contributed by atoms with E-state index in [-0.39, 0.29) is 35.0 Å². The number of halogens is 3. The third kappa shape index (κ3) is 3.45. The Morgan fingerprint density at radius 3 is 2.68 bits per heavy atom. The number of rotatable bonds is 4. The summed E-state index contributed by atoms with van der Waals surface area (Å²) in [5.41, 5.74) is 6.66. The maximum atomic E-state index is 13.1. The summed E-state index contributed by atoms with van der Waals surface area (Å²) in [4.78, 5) is 17.3. The summed E-state index contributed by atoms with van der Waals surface area (Å²) in [6.45, 7) is 1.60. The second-order valence-electron chi connectivity index (χ2n) is 6.89. The number of aryl methyl sites for hydroxylation is 1. The zero-order chi connectivity index (χ0) is 20.1. The lowest BCUT2D eigenvalue weighted by molar-refractivity contribution is -0.137. The predicted octanol–water partition coefficient (Wildman–Crippen LogP) is 4.14. The van der Waals surface area contributed by atoms with E-state index in [1.54, 1.807) is 13.0 Å². The second kappa shape index (κ2) is 6.59. The minimum atomic E-state index is -4.54. The zero-order valence-corrected chi connectivity index (χ0v) is 14.9. The predicted molar refractivity (Wildman–Crippen MR) is 95.8 cm³/mol. The van der Waals surface area contributed by atoms with Crippen LogP contribution in [0, 0.1) is 6.92 Å². The summed E-state index contributed by atoms with van der Waals surface area (Å²) in [6.07, 6.45) is -2.60. The Hall–Kier alpha value is -2.94. The first-order valence-electron chi connectivity index (χ1n) is 8.75. The zero-order valence-electron chi connectivity index (χ0n) is 14.9. The normalized spacial score (nSPS) is 14.5. The van der Waals surface area contributed by atoms with Crippen molar-refractivity contribution in [1.29, 1.82) is 0 Å². The molecule has 3 N–H and O–H groups in total. The summed E-state index contributed by atoms with van der Waals surface area (Å²) in [6, 6.07) is 4.94. The van der Waals surface area contributed by atoms with Crippen molar-refractivity contribution in [3.8, 4) is 0 Å². The van der Waals surface area contributed by atoms with Gasteiger partial charge in [0.05, 0.1) is 22.2 Å². The fourth-order valence-corrected chi connectivity index (χ4v) is 3.13. The number of nitrogens with zero attached hydrogens (tertiary/aromatic N) is 2. The van der Waals surface area contributed by atoms with E-state index in [2.05, 4.69) is 15.5 Å². The van der Waals surface area contributed by atoms with Crippen molar-refractivity contribution in [2.75, 3.05) is 5.32 Å². The number of fused-ring (bicyclic) bond motifs is 1. The molecular formula is C19H17F3N4O2. The maximum absolute atomic E-state index is 13.1. The fourth-order valence-electron chi connectivity index (χ4n) is 3.13. The molecule has 6 nitrogen and oxygen atoms in total. The van der Waals surface area contributed by atoms with Crippen LogP contribution < -0.4 is 11.1 Å². The first-order chi connectivity index (χ1) is 13.3. The van der Waals surface area contributed by atoms with Crippen molar-refractivity contribution in [1.82, 2.24) is 10.1 Å². The number of pyridine rings is 1. The molecule has 0 unspecified atom stereocenters. The van der Waals surface area contributed by atoms with Crippen LogP contribution in [0.2, 0.25) is 0 Å². The highest BCUT2D eigenvalue weighted by atomic mass is 19.4. The number of nitrogens with one attached hydrogen (secondary N) is 1. The molecule has 1 aromatic carbocycles. The minimum Gasteiger partial charge on any atom is -0.336 e. The molecule has 146 valence electrons. The van der Waals surface area contributed by atoms with Crippen LogP contribution in [-0.2, 0) is 12.7 Å². The molecule has 0 atom stereocenters. The Balaban J connectivity index is 1.74. The van der Waals surface area contributed by atoms with Gasteiger partial charge in [0.2, 0.25) is 0 Å². The first-order valence-corrected chi connectivity index (χ1v) is 8.75. The minimum absolute atomic E-state index is 0.0207. The monoisotopic (exact) mass is 390 g/mol. The Morgan fingerprint density at radius 1 is 1.29 bits per heavy atom. The quantitative estimate of drug-likeness (QED) is 0.698. The molecule has 0 bridgehead atoms. The van der Waals surface area contributed by atoms with Gasteiger partial charge in [-0.15, -0.1) is 0 Å². The van der Waals surface area contributed by atoms with Gasteiger partial charge in [0.25, 0.3) is 11.6 Å². The molecule has 1 aliphatic carbocycles. The fraction of sp³-hybridized carbons (Fsp3) is 0.316. The molecule has 2 aromatic heterocycles. The van der Waals surface area contributed by atoms with E-state index in [0.29, 0.717) is 11.1 Å². The van der Waals surface area contributed by atoms with E-state index in [1.807, 2.05) is 0 Å². The third-order valence-corrected chi connectivity index (χ3v) is 4.69. The molecule has 3 aromatic rings. The van der Waals surface area contributed by atoms with Crippen LogP contribution in [0.15, 0.2) is 28.8 Å². The first kappa shape index (κ1) is 18.4. The van der Waals surface area contributed by atoms with Crippen LogP contribution in [0.4, 0.5) is 18.9 Å². The van der Waals surface area contributed by atoms with Crippen LogP contribution >= 0.6 is 0 Å². The highest BCUT2D eigenvalue weighted by Crippen LogP contribution is 2.40. The van der Waals surface area contributed by atoms with Gasteiger partial charge in [0.1, 0.15) is 0 Å². The summed E-state index contributed by atoms with van der Waals surface area (Å²) in [5, 5.41) is 6.86. The highest BCUT2D eigenvalue weighted by Gasteiger charge is 2.32. The number of anilines is 1. The van der Waals surface area contributed by atoms with E-state index in [9.17, 15) is 18.0 Å². The number of carbonyl (C=O) groups excluding carboxylic acids is 1. The summed E-state index contributed by atoms with van der Waals surface area (Å²) in [5.74, 6) is -0.290. The number of amides is 1. The average Bonchev–Trinajstić information content (AvgIpc) is 3.43. The summed E-state index contributed by atoms with van der Waals surface area (Å²) >= 11 is 0. The van der Waals surface area contributed by atoms with Crippen LogP contribution in [0.1, 0.15) is 51.6 Å². The maximum Gasteiger partial charge on any atom is 0.416 e. The molecule has 0 radical (unpaired) electrons. The number of hydrogen-bond acceptors (Lipinski definition) is 5. The molecule has 9 heteroatoms. The van der Waals surface area contributed by atoms with E-state index in [4.69, 9.17) is 10.3 Å². The largest absolute Gasteiger partial charge is 0.416 e.